The van der Waals surface area contributed by atoms with Gasteiger partial charge in [-0.05, 0) is 35.7 Å². The number of hydrogen-bond donors (Lipinski definition) is 1. The molecule has 0 aliphatic carbocycles. The van der Waals surface area contributed by atoms with Gasteiger partial charge in [0.1, 0.15) is 11.5 Å². The number of amides is 1. The van der Waals surface area contributed by atoms with Crippen molar-refractivity contribution < 1.29 is 14.3 Å². The maximum absolute atomic E-state index is 14.5. The van der Waals surface area contributed by atoms with Gasteiger partial charge >= 0.3 is 0 Å². The monoisotopic (exact) mass is 418 g/mol. The number of anilines is 1. The summed E-state index contributed by atoms with van der Waals surface area (Å²) in [6.07, 6.45) is 5.30. The molecule has 2 aromatic carbocycles. The SMILES string of the molecule is CN1c2ccc(-c3ccccc3F)cc2[C@@H]2[C@@H](CCN2C(=O)c2cnccn2)[C@@H]1CO. The molecule has 2 aliphatic rings. The minimum absolute atomic E-state index is 0.000650. The maximum atomic E-state index is 14.5. The van der Waals surface area contributed by atoms with E-state index in [0.29, 0.717) is 17.8 Å². The van der Waals surface area contributed by atoms with Gasteiger partial charge in [0.15, 0.2) is 0 Å². The number of fused-ring (bicyclic) bond motifs is 3. The van der Waals surface area contributed by atoms with Gasteiger partial charge in [-0.25, -0.2) is 9.37 Å². The molecule has 0 unspecified atom stereocenters. The fraction of sp³-hybridized carbons (Fsp3) is 0.292. The molecule has 6 nitrogen and oxygen atoms in total. The van der Waals surface area contributed by atoms with E-state index in [1.54, 1.807) is 12.1 Å². The summed E-state index contributed by atoms with van der Waals surface area (Å²) >= 11 is 0. The zero-order valence-corrected chi connectivity index (χ0v) is 17.1. The molecule has 3 aromatic rings. The zero-order chi connectivity index (χ0) is 21.5. The molecule has 0 bridgehead atoms. The van der Waals surface area contributed by atoms with E-state index in [1.807, 2.05) is 36.2 Å². The van der Waals surface area contributed by atoms with Gasteiger partial charge in [0, 0.05) is 43.2 Å². The quantitative estimate of drug-likeness (QED) is 0.707. The average molecular weight is 418 g/mol. The van der Waals surface area contributed by atoms with Crippen LogP contribution in [-0.4, -0.2) is 52.1 Å². The lowest BCUT2D eigenvalue weighted by molar-refractivity contribution is 0.0687. The van der Waals surface area contributed by atoms with Crippen LogP contribution in [0.3, 0.4) is 0 Å². The zero-order valence-electron chi connectivity index (χ0n) is 17.1. The summed E-state index contributed by atoms with van der Waals surface area (Å²) in [6.45, 7) is 0.567. The van der Waals surface area contributed by atoms with E-state index in [4.69, 9.17) is 0 Å². The second kappa shape index (κ2) is 7.74. The Morgan fingerprint density at radius 2 is 2.06 bits per heavy atom. The first-order valence-electron chi connectivity index (χ1n) is 10.4. The van der Waals surface area contributed by atoms with Gasteiger partial charge in [-0.1, -0.05) is 24.3 Å². The third-order valence-electron chi connectivity index (χ3n) is 6.58. The Kier molecular flexibility index (Phi) is 4.90. The Hall–Kier alpha value is -3.32. The van der Waals surface area contributed by atoms with Gasteiger partial charge in [-0.2, -0.15) is 0 Å². The lowest BCUT2D eigenvalue weighted by atomic mass is 9.81. The van der Waals surface area contributed by atoms with E-state index in [9.17, 15) is 14.3 Å². The average Bonchev–Trinajstić information content (AvgIpc) is 3.24. The van der Waals surface area contributed by atoms with Crippen LogP contribution in [0.1, 0.15) is 28.5 Å². The van der Waals surface area contributed by atoms with Gasteiger partial charge in [-0.3, -0.25) is 9.78 Å². The first-order valence-corrected chi connectivity index (χ1v) is 10.4. The molecule has 7 heteroatoms. The standard InChI is InChI=1S/C24H23FN4O2/c1-28-21-7-6-15(16-4-2-3-5-19(16)25)12-18(21)23-17(22(28)14-30)8-11-29(23)24(31)20-13-26-9-10-27-20/h2-7,9-10,12-13,17,22-23,30H,8,11,14H2,1H3/t17-,22-,23-/m0/s1. The second-order valence-electron chi connectivity index (χ2n) is 8.10. The van der Waals surface area contributed by atoms with Crippen LogP contribution in [0.2, 0.25) is 0 Å². The molecular weight excluding hydrogens is 395 g/mol. The van der Waals surface area contributed by atoms with Crippen molar-refractivity contribution in [2.45, 2.75) is 18.5 Å². The Morgan fingerprint density at radius 1 is 1.23 bits per heavy atom. The predicted molar refractivity (Wildman–Crippen MR) is 115 cm³/mol. The van der Waals surface area contributed by atoms with E-state index in [-0.39, 0.29) is 36.3 Å². The summed E-state index contributed by atoms with van der Waals surface area (Å²) in [5, 5.41) is 10.1. The first-order chi connectivity index (χ1) is 15.1. The van der Waals surface area contributed by atoms with Crippen molar-refractivity contribution in [3.8, 4) is 11.1 Å². The highest BCUT2D eigenvalue weighted by atomic mass is 19.1. The van der Waals surface area contributed by atoms with Crippen LogP contribution in [0.25, 0.3) is 11.1 Å². The summed E-state index contributed by atoms with van der Waals surface area (Å²) in [6, 6.07) is 12.2. The molecule has 1 amide bonds. The second-order valence-corrected chi connectivity index (χ2v) is 8.10. The van der Waals surface area contributed by atoms with Crippen LogP contribution in [0.15, 0.2) is 61.1 Å². The molecule has 0 radical (unpaired) electrons. The topological polar surface area (TPSA) is 69.6 Å². The van der Waals surface area contributed by atoms with Gasteiger partial charge in [-0.15, -0.1) is 0 Å². The number of aliphatic hydroxyl groups excluding tert-OH is 1. The molecule has 3 heterocycles. The van der Waals surface area contributed by atoms with Crippen molar-refractivity contribution in [2.75, 3.05) is 25.1 Å². The first kappa shape index (κ1) is 19.6. The number of hydrogen-bond acceptors (Lipinski definition) is 5. The number of aliphatic hydroxyl groups is 1. The number of carbonyl (C=O) groups is 1. The molecule has 1 fully saturated rings. The highest BCUT2D eigenvalue weighted by Crippen LogP contribution is 2.49. The van der Waals surface area contributed by atoms with Gasteiger partial charge in [0.2, 0.25) is 0 Å². The third-order valence-corrected chi connectivity index (χ3v) is 6.58. The van der Waals surface area contributed by atoms with Gasteiger partial charge < -0.3 is 14.9 Å². The van der Waals surface area contributed by atoms with Crippen LogP contribution in [-0.2, 0) is 0 Å². The molecule has 5 rings (SSSR count). The number of benzene rings is 2. The van der Waals surface area contributed by atoms with E-state index >= 15 is 0 Å². The number of aromatic nitrogens is 2. The van der Waals surface area contributed by atoms with E-state index in [0.717, 1.165) is 23.2 Å². The summed E-state index contributed by atoms with van der Waals surface area (Å²) in [7, 11) is 1.96. The predicted octanol–water partition coefficient (Wildman–Crippen LogP) is 3.30. The van der Waals surface area contributed by atoms with Gasteiger partial charge in [0.05, 0.1) is 24.9 Å². The van der Waals surface area contributed by atoms with E-state index in [1.165, 1.54) is 24.7 Å². The largest absolute Gasteiger partial charge is 0.394 e. The van der Waals surface area contributed by atoms with Crippen molar-refractivity contribution >= 4 is 11.6 Å². The highest BCUT2D eigenvalue weighted by Gasteiger charge is 2.48. The smallest absolute Gasteiger partial charge is 0.274 e. The normalized spacial score (nSPS) is 22.2. The van der Waals surface area contributed by atoms with Crippen molar-refractivity contribution in [3.63, 3.8) is 0 Å². The molecule has 0 saturated carbocycles. The lowest BCUT2D eigenvalue weighted by Gasteiger charge is -2.44. The lowest BCUT2D eigenvalue weighted by Crippen LogP contribution is -2.48. The Labute approximate surface area is 180 Å². The number of carbonyl (C=O) groups excluding carboxylic acids is 1. The molecule has 31 heavy (non-hydrogen) atoms. The van der Waals surface area contributed by atoms with Crippen molar-refractivity contribution in [1.82, 2.24) is 14.9 Å². The number of likely N-dealkylation sites (tertiary alicyclic amines) is 1. The molecule has 1 aromatic heterocycles. The molecule has 2 aliphatic heterocycles. The minimum Gasteiger partial charge on any atom is -0.394 e. The van der Waals surface area contributed by atoms with Crippen molar-refractivity contribution in [2.24, 2.45) is 5.92 Å². The number of halogens is 1. The maximum Gasteiger partial charge on any atom is 0.274 e. The fourth-order valence-corrected chi connectivity index (χ4v) is 5.10. The van der Waals surface area contributed by atoms with Crippen LogP contribution < -0.4 is 4.90 Å². The summed E-state index contributed by atoms with van der Waals surface area (Å²) in [5.41, 5.74) is 3.50. The summed E-state index contributed by atoms with van der Waals surface area (Å²) in [5.74, 6) is -0.390. The van der Waals surface area contributed by atoms with Crippen molar-refractivity contribution in [1.29, 1.82) is 0 Å². The molecule has 0 spiro atoms. The van der Waals surface area contributed by atoms with Crippen molar-refractivity contribution in [3.05, 3.63) is 78.1 Å². The molecular formula is C24H23FN4O2. The Balaban J connectivity index is 1.63. The summed E-state index contributed by atoms with van der Waals surface area (Å²) in [4.78, 5) is 25.4. The summed E-state index contributed by atoms with van der Waals surface area (Å²) < 4.78 is 14.5. The van der Waals surface area contributed by atoms with E-state index in [2.05, 4.69) is 14.9 Å². The van der Waals surface area contributed by atoms with Crippen LogP contribution in [0.4, 0.5) is 10.1 Å². The van der Waals surface area contributed by atoms with Crippen LogP contribution in [0, 0.1) is 11.7 Å². The number of nitrogens with zero attached hydrogens (tertiary/aromatic N) is 4. The minimum atomic E-state index is -0.282. The fourth-order valence-electron chi connectivity index (χ4n) is 5.10. The van der Waals surface area contributed by atoms with Gasteiger partial charge in [0.25, 0.3) is 5.91 Å². The number of likely N-dealkylation sites (N-methyl/N-ethyl adjacent to an activating group) is 1. The number of rotatable bonds is 3. The Bertz CT molecular complexity index is 1120. The third kappa shape index (κ3) is 3.16. The van der Waals surface area contributed by atoms with Crippen LogP contribution >= 0.6 is 0 Å². The molecule has 3 atom stereocenters. The molecule has 158 valence electrons. The molecule has 1 saturated heterocycles. The molecule has 1 N–H and O–H groups in total. The highest BCUT2D eigenvalue weighted by molar-refractivity contribution is 5.93. The Morgan fingerprint density at radius 3 is 2.81 bits per heavy atom. The van der Waals surface area contributed by atoms with Crippen LogP contribution in [0.5, 0.6) is 0 Å². The van der Waals surface area contributed by atoms with E-state index < -0.39 is 0 Å².